The van der Waals surface area contributed by atoms with Crippen LogP contribution in [0.15, 0.2) is 23.1 Å². The minimum atomic E-state index is -3.37. The molecule has 158 valence electrons. The molecular formula is C18H32N6O3S. The number of hydrogen-bond acceptors (Lipinski definition) is 6. The topological polar surface area (TPSA) is 120 Å². The van der Waals surface area contributed by atoms with Crippen LogP contribution in [0.2, 0.25) is 0 Å². The highest BCUT2D eigenvalue weighted by atomic mass is 32.2. The lowest BCUT2D eigenvalue weighted by Gasteiger charge is -2.31. The number of piperidine rings is 1. The standard InChI is InChI=1S/C13H18N6O3S.C5H10.2H2/c1-14-23(21,22)19-6-4-10(5-7-19)16-13-15-8-9-2-3-11(20)17-12(9)18-13;1-2-4-5-3-1;;/h2-3,8,10,14H,4-7H2,1H3,(H2,15,16,17,18,20);1-5H2;2*1H. The van der Waals surface area contributed by atoms with Crippen LogP contribution in [-0.4, -0.2) is 53.9 Å². The van der Waals surface area contributed by atoms with Crippen LogP contribution in [0, 0.1) is 0 Å². The summed E-state index contributed by atoms with van der Waals surface area (Å²) in [5.74, 6) is 0.425. The Hall–Kier alpha value is -2.04. The van der Waals surface area contributed by atoms with Crippen LogP contribution in [0.25, 0.3) is 11.0 Å². The van der Waals surface area contributed by atoms with Crippen LogP contribution in [0.5, 0.6) is 0 Å². The third-order valence-electron chi connectivity index (χ3n) is 5.11. The van der Waals surface area contributed by atoms with E-state index >= 15 is 0 Å². The molecule has 3 N–H and O–H groups in total. The molecule has 2 aliphatic rings. The van der Waals surface area contributed by atoms with Crippen molar-refractivity contribution in [2.45, 2.75) is 51.0 Å². The highest BCUT2D eigenvalue weighted by molar-refractivity contribution is 7.87. The van der Waals surface area contributed by atoms with Crippen molar-refractivity contribution in [2.24, 2.45) is 0 Å². The monoisotopic (exact) mass is 412 g/mol. The first-order chi connectivity index (χ1) is 13.5. The predicted molar refractivity (Wildman–Crippen MR) is 114 cm³/mol. The summed E-state index contributed by atoms with van der Waals surface area (Å²) < 4.78 is 27.2. The summed E-state index contributed by atoms with van der Waals surface area (Å²) in [6.45, 7) is 0.872. The number of aromatic amines is 1. The summed E-state index contributed by atoms with van der Waals surface area (Å²) in [7, 11) is -1.96. The van der Waals surface area contributed by atoms with E-state index in [2.05, 4.69) is 25.0 Å². The van der Waals surface area contributed by atoms with Crippen molar-refractivity contribution in [1.82, 2.24) is 24.0 Å². The summed E-state index contributed by atoms with van der Waals surface area (Å²) >= 11 is 0. The fourth-order valence-electron chi connectivity index (χ4n) is 3.44. The first kappa shape index (κ1) is 20.7. The van der Waals surface area contributed by atoms with Crippen LogP contribution < -0.4 is 15.6 Å². The zero-order valence-corrected chi connectivity index (χ0v) is 17.0. The fraction of sp³-hybridized carbons (Fsp3) is 0.611. The second kappa shape index (κ2) is 9.44. The van der Waals surface area contributed by atoms with E-state index in [-0.39, 0.29) is 14.5 Å². The van der Waals surface area contributed by atoms with Gasteiger partial charge >= 0.3 is 0 Å². The highest BCUT2D eigenvalue weighted by Crippen LogP contribution is 2.17. The minimum Gasteiger partial charge on any atom is -0.351 e. The summed E-state index contributed by atoms with van der Waals surface area (Å²) in [6.07, 6.45) is 10.5. The quantitative estimate of drug-likeness (QED) is 0.707. The van der Waals surface area contributed by atoms with Gasteiger partial charge in [0.2, 0.25) is 11.5 Å². The van der Waals surface area contributed by atoms with Gasteiger partial charge in [-0.05, 0) is 18.9 Å². The molecule has 0 bridgehead atoms. The van der Waals surface area contributed by atoms with Gasteiger partial charge in [0.15, 0.2) is 0 Å². The molecule has 28 heavy (non-hydrogen) atoms. The molecule has 4 rings (SSSR count). The number of H-pyrrole nitrogens is 1. The van der Waals surface area contributed by atoms with E-state index in [0.29, 0.717) is 37.5 Å². The molecule has 2 fully saturated rings. The number of hydrogen-bond donors (Lipinski definition) is 3. The Balaban J connectivity index is 0.000000566. The summed E-state index contributed by atoms with van der Waals surface area (Å²) in [5, 5.41) is 3.95. The molecule has 3 heterocycles. The van der Waals surface area contributed by atoms with E-state index in [0.717, 1.165) is 5.39 Å². The van der Waals surface area contributed by atoms with Gasteiger partial charge in [0, 0.05) is 46.7 Å². The zero-order valence-electron chi connectivity index (χ0n) is 16.1. The number of aromatic nitrogens is 3. The molecule has 0 unspecified atom stereocenters. The molecule has 0 amide bonds. The summed E-state index contributed by atoms with van der Waals surface area (Å²) in [5.41, 5.74) is 0.262. The maximum absolute atomic E-state index is 11.7. The molecule has 1 saturated carbocycles. The van der Waals surface area contributed by atoms with Gasteiger partial charge in [0.25, 0.3) is 10.2 Å². The average molecular weight is 413 g/mol. The first-order valence-electron chi connectivity index (χ1n) is 9.79. The van der Waals surface area contributed by atoms with Gasteiger partial charge in [-0.25, -0.2) is 9.71 Å². The molecule has 0 aromatic carbocycles. The van der Waals surface area contributed by atoms with Crippen molar-refractivity contribution in [2.75, 3.05) is 25.5 Å². The van der Waals surface area contributed by atoms with Gasteiger partial charge in [0.1, 0.15) is 5.65 Å². The smallest absolute Gasteiger partial charge is 0.279 e. The second-order valence-corrected chi connectivity index (χ2v) is 8.99. The Morgan fingerprint density at radius 2 is 1.79 bits per heavy atom. The Labute approximate surface area is 168 Å². The lowest BCUT2D eigenvalue weighted by molar-refractivity contribution is 0.326. The van der Waals surface area contributed by atoms with Crippen molar-refractivity contribution in [3.05, 3.63) is 28.7 Å². The van der Waals surface area contributed by atoms with Crippen molar-refractivity contribution in [1.29, 1.82) is 0 Å². The van der Waals surface area contributed by atoms with E-state index in [1.54, 1.807) is 12.3 Å². The van der Waals surface area contributed by atoms with Crippen LogP contribution in [0.3, 0.4) is 0 Å². The third kappa shape index (κ3) is 5.49. The minimum absolute atomic E-state index is 0. The molecule has 1 saturated heterocycles. The Bertz CT molecular complexity index is 937. The number of rotatable bonds is 4. The van der Waals surface area contributed by atoms with Crippen LogP contribution in [0.4, 0.5) is 5.95 Å². The zero-order chi connectivity index (χ0) is 20.0. The molecule has 2 aromatic heterocycles. The number of anilines is 1. The predicted octanol–water partition coefficient (Wildman–Crippen LogP) is 2.10. The SMILES string of the molecule is C1CCCC1.CNS(=O)(=O)N1CCC(Nc2ncc3ccc(=O)[nH]c3n2)CC1.[HH].[HH]. The second-order valence-electron chi connectivity index (χ2n) is 7.11. The molecule has 0 atom stereocenters. The van der Waals surface area contributed by atoms with Crippen molar-refractivity contribution in [3.8, 4) is 0 Å². The molecule has 10 heteroatoms. The van der Waals surface area contributed by atoms with E-state index in [9.17, 15) is 13.2 Å². The maximum Gasteiger partial charge on any atom is 0.279 e. The van der Waals surface area contributed by atoms with Gasteiger partial charge in [-0.1, -0.05) is 32.1 Å². The van der Waals surface area contributed by atoms with Gasteiger partial charge < -0.3 is 10.3 Å². The molecule has 1 aliphatic carbocycles. The number of pyridine rings is 1. The number of fused-ring (bicyclic) bond motifs is 1. The molecule has 0 spiro atoms. The lowest BCUT2D eigenvalue weighted by atomic mass is 10.1. The maximum atomic E-state index is 11.7. The highest BCUT2D eigenvalue weighted by Gasteiger charge is 2.27. The van der Waals surface area contributed by atoms with Gasteiger partial charge in [-0.3, -0.25) is 4.79 Å². The normalized spacial score (nSPS) is 18.6. The average Bonchev–Trinajstić information content (AvgIpc) is 3.28. The summed E-state index contributed by atoms with van der Waals surface area (Å²) in [4.78, 5) is 22.5. The van der Waals surface area contributed by atoms with Gasteiger partial charge in [-0.15, -0.1) is 0 Å². The van der Waals surface area contributed by atoms with Crippen LogP contribution in [-0.2, 0) is 10.2 Å². The molecule has 9 nitrogen and oxygen atoms in total. The van der Waals surface area contributed by atoms with Crippen molar-refractivity contribution in [3.63, 3.8) is 0 Å². The molecule has 0 radical (unpaired) electrons. The Morgan fingerprint density at radius 1 is 1.14 bits per heavy atom. The fourth-order valence-corrected chi connectivity index (χ4v) is 4.39. The van der Waals surface area contributed by atoms with E-state index in [4.69, 9.17) is 0 Å². The van der Waals surface area contributed by atoms with Crippen molar-refractivity contribution >= 4 is 27.2 Å². The summed E-state index contributed by atoms with van der Waals surface area (Å²) in [6, 6.07) is 3.18. The third-order valence-corrected chi connectivity index (χ3v) is 6.67. The van der Waals surface area contributed by atoms with Crippen LogP contribution >= 0.6 is 0 Å². The van der Waals surface area contributed by atoms with E-state index in [1.807, 2.05) is 0 Å². The number of nitrogens with zero attached hydrogens (tertiary/aromatic N) is 3. The lowest BCUT2D eigenvalue weighted by Crippen LogP contribution is -2.46. The molecule has 1 aliphatic heterocycles. The van der Waals surface area contributed by atoms with Crippen molar-refractivity contribution < 1.29 is 11.3 Å². The van der Waals surface area contributed by atoms with Gasteiger partial charge in [0.05, 0.1) is 0 Å². The van der Waals surface area contributed by atoms with Gasteiger partial charge in [-0.2, -0.15) is 17.7 Å². The van der Waals surface area contributed by atoms with E-state index in [1.165, 1.54) is 49.5 Å². The number of nitrogens with one attached hydrogen (secondary N) is 3. The Kier molecular flexibility index (Phi) is 6.97. The van der Waals surface area contributed by atoms with E-state index < -0.39 is 10.2 Å². The first-order valence-corrected chi connectivity index (χ1v) is 11.2. The molecule has 2 aromatic rings. The Morgan fingerprint density at radius 3 is 2.39 bits per heavy atom. The van der Waals surface area contributed by atoms with Crippen LogP contribution in [0.1, 0.15) is 47.8 Å². The largest absolute Gasteiger partial charge is 0.351 e. The molecular weight excluding hydrogens is 380 g/mol.